The van der Waals surface area contributed by atoms with Crippen LogP contribution in [0.15, 0.2) is 139 Å². The topological polar surface area (TPSA) is 27.3 Å². The summed E-state index contributed by atoms with van der Waals surface area (Å²) in [5, 5.41) is 10.4. The lowest BCUT2D eigenvalue weighted by atomic mass is 9.94. The predicted octanol–water partition coefficient (Wildman–Crippen LogP) is 8.95. The van der Waals surface area contributed by atoms with E-state index in [0.29, 0.717) is 0 Å². The molecule has 40 heavy (non-hydrogen) atoms. The second-order valence-electron chi connectivity index (χ2n) is 10.3. The zero-order valence-corrected chi connectivity index (χ0v) is 22.7. The van der Waals surface area contributed by atoms with E-state index in [-0.39, 0.29) is 6.04 Å². The van der Waals surface area contributed by atoms with Crippen LogP contribution in [0.2, 0.25) is 0 Å². The van der Waals surface area contributed by atoms with E-state index in [0.717, 1.165) is 18.1 Å². The lowest BCUT2D eigenvalue weighted by Gasteiger charge is -2.37. The molecule has 0 fully saturated rings. The van der Waals surface area contributed by atoms with Crippen LogP contribution in [0.4, 0.5) is 10.7 Å². The monoisotopic (exact) mass is 533 g/mol. The van der Waals surface area contributed by atoms with Crippen molar-refractivity contribution in [2.75, 3.05) is 11.4 Å². The molecule has 8 rings (SSSR count). The highest BCUT2D eigenvalue weighted by atomic mass is 32.1. The van der Waals surface area contributed by atoms with Gasteiger partial charge in [0.1, 0.15) is 10.8 Å². The molecule has 0 aliphatic carbocycles. The number of thiophene rings is 1. The number of fused-ring (bicyclic) bond motifs is 7. The van der Waals surface area contributed by atoms with E-state index >= 15 is 0 Å². The van der Waals surface area contributed by atoms with Gasteiger partial charge >= 0.3 is 0 Å². The molecule has 1 atom stereocenters. The number of hydrogen-bond acceptors (Lipinski definition) is 4. The maximum atomic E-state index is 4.02. The number of para-hydroxylation sites is 1. The van der Waals surface area contributed by atoms with Crippen molar-refractivity contribution in [3.8, 4) is 22.3 Å². The van der Waals surface area contributed by atoms with Gasteiger partial charge in [-0.15, -0.1) is 11.3 Å². The lowest BCUT2D eigenvalue weighted by Crippen LogP contribution is -2.43. The van der Waals surface area contributed by atoms with Crippen molar-refractivity contribution in [3.05, 3.63) is 150 Å². The fraction of sp³-hybridized carbons (Fsp3) is 0.0556. The van der Waals surface area contributed by atoms with E-state index in [2.05, 4.69) is 149 Å². The molecule has 0 bridgehead atoms. The van der Waals surface area contributed by atoms with Gasteiger partial charge in [-0.25, -0.2) is 0 Å². The van der Waals surface area contributed by atoms with Crippen molar-refractivity contribution in [2.24, 2.45) is 0 Å². The van der Waals surface area contributed by atoms with Crippen molar-refractivity contribution in [1.29, 1.82) is 0 Å². The van der Waals surface area contributed by atoms with Crippen molar-refractivity contribution in [1.82, 2.24) is 10.6 Å². The Morgan fingerprint density at radius 3 is 2.10 bits per heavy atom. The average Bonchev–Trinajstić information content (AvgIpc) is 3.36. The van der Waals surface area contributed by atoms with Gasteiger partial charge in [0.05, 0.1) is 17.4 Å². The summed E-state index contributed by atoms with van der Waals surface area (Å²) in [6.07, 6.45) is 0. The Hall–Kier alpha value is -4.80. The van der Waals surface area contributed by atoms with E-state index < -0.39 is 0 Å². The Bertz CT molecular complexity index is 1890. The summed E-state index contributed by atoms with van der Waals surface area (Å²) in [5.74, 6) is 1.07. The van der Waals surface area contributed by atoms with Crippen LogP contribution in [0.1, 0.15) is 17.2 Å². The molecule has 0 saturated carbocycles. The van der Waals surface area contributed by atoms with Crippen LogP contribution >= 0.6 is 11.3 Å². The van der Waals surface area contributed by atoms with E-state index in [1.54, 1.807) is 0 Å². The fourth-order valence-electron chi connectivity index (χ4n) is 6.10. The van der Waals surface area contributed by atoms with Crippen molar-refractivity contribution in [3.63, 3.8) is 0 Å². The molecule has 3 heterocycles. The number of nitrogens with zero attached hydrogens (tertiary/aromatic N) is 1. The highest BCUT2D eigenvalue weighted by Gasteiger charge is 2.34. The zero-order chi connectivity index (χ0) is 26.5. The minimum Gasteiger partial charge on any atom is -0.379 e. The van der Waals surface area contributed by atoms with Gasteiger partial charge in [0.2, 0.25) is 0 Å². The first-order valence-electron chi connectivity index (χ1n) is 13.7. The third-order valence-corrected chi connectivity index (χ3v) is 9.09. The summed E-state index contributed by atoms with van der Waals surface area (Å²) in [5.41, 5.74) is 9.76. The van der Waals surface area contributed by atoms with Gasteiger partial charge in [0.15, 0.2) is 0 Å². The van der Waals surface area contributed by atoms with Crippen LogP contribution in [0.5, 0.6) is 0 Å². The van der Waals surface area contributed by atoms with Gasteiger partial charge in [-0.2, -0.15) is 0 Å². The third kappa shape index (κ3) is 3.64. The van der Waals surface area contributed by atoms with Crippen LogP contribution < -0.4 is 15.5 Å². The fourth-order valence-corrected chi connectivity index (χ4v) is 7.33. The molecule has 6 aromatic rings. The first-order valence-corrected chi connectivity index (χ1v) is 14.5. The first-order chi connectivity index (χ1) is 19.9. The first kappa shape index (κ1) is 23.1. The van der Waals surface area contributed by atoms with Crippen LogP contribution in [-0.2, 0) is 0 Å². The minimum absolute atomic E-state index is 0.124. The highest BCUT2D eigenvalue weighted by Crippen LogP contribution is 2.55. The van der Waals surface area contributed by atoms with E-state index in [9.17, 15) is 0 Å². The molecule has 1 aromatic heterocycles. The van der Waals surface area contributed by atoms with Gasteiger partial charge < -0.3 is 10.6 Å². The van der Waals surface area contributed by atoms with Gasteiger partial charge in [0.25, 0.3) is 0 Å². The summed E-state index contributed by atoms with van der Waals surface area (Å²) in [4.78, 5) is 2.47. The van der Waals surface area contributed by atoms with Crippen LogP contribution in [0.3, 0.4) is 0 Å². The summed E-state index contributed by atoms with van der Waals surface area (Å²) in [6, 6.07) is 48.0. The Morgan fingerprint density at radius 2 is 1.27 bits per heavy atom. The molecule has 0 radical (unpaired) electrons. The average molecular weight is 534 g/mol. The number of hydrogen-bond donors (Lipinski definition) is 2. The standard InChI is InChI=1S/C36H27N3S/c1-3-13-24(14-4-1)30-23-37-34(25-15-5-2-6-16-25)35(38-30)39-31-21-11-9-18-27(31)26-17-7-8-19-28(26)33-29-20-10-12-22-32(29)40-36(33)39/h1-22,30,37-38H,23H2. The number of rotatable bonds is 3. The van der Waals surface area contributed by atoms with Crippen LogP contribution in [-0.4, -0.2) is 6.54 Å². The molecular weight excluding hydrogens is 506 g/mol. The minimum atomic E-state index is 0.124. The summed E-state index contributed by atoms with van der Waals surface area (Å²) < 4.78 is 1.29. The summed E-state index contributed by atoms with van der Waals surface area (Å²) in [6.45, 7) is 0.798. The summed E-state index contributed by atoms with van der Waals surface area (Å²) >= 11 is 1.86. The normalized spacial score (nSPS) is 15.9. The molecule has 1 unspecified atom stereocenters. The SMILES string of the molecule is c1ccc(C2=C(N3c4ccccc4-c4ccccc4-c4c3sc3ccccc43)NC(c3ccccc3)CN2)cc1. The molecule has 2 aliphatic heterocycles. The number of nitrogens with one attached hydrogen (secondary N) is 2. The van der Waals surface area contributed by atoms with Gasteiger partial charge in [-0.3, -0.25) is 4.90 Å². The molecule has 192 valence electrons. The Morgan fingerprint density at radius 1 is 0.625 bits per heavy atom. The number of benzene rings is 5. The molecule has 0 amide bonds. The lowest BCUT2D eigenvalue weighted by molar-refractivity contribution is 0.542. The molecule has 4 heteroatoms. The molecule has 3 nitrogen and oxygen atoms in total. The van der Waals surface area contributed by atoms with Crippen molar-refractivity contribution < 1.29 is 0 Å². The molecule has 0 saturated heterocycles. The number of anilines is 2. The molecule has 2 N–H and O–H groups in total. The van der Waals surface area contributed by atoms with E-state index in [1.807, 2.05) is 11.3 Å². The second-order valence-corrected chi connectivity index (χ2v) is 11.3. The predicted molar refractivity (Wildman–Crippen MR) is 169 cm³/mol. The second kappa shape index (κ2) is 9.44. The van der Waals surface area contributed by atoms with Gasteiger partial charge in [0, 0.05) is 33.3 Å². The van der Waals surface area contributed by atoms with Crippen molar-refractivity contribution >= 4 is 37.8 Å². The van der Waals surface area contributed by atoms with Gasteiger partial charge in [-0.1, -0.05) is 121 Å². The maximum absolute atomic E-state index is 4.02. The highest BCUT2D eigenvalue weighted by molar-refractivity contribution is 7.23. The smallest absolute Gasteiger partial charge is 0.136 e. The zero-order valence-electron chi connectivity index (χ0n) is 21.8. The van der Waals surface area contributed by atoms with E-state index in [1.165, 1.54) is 54.2 Å². The molecule has 0 spiro atoms. The molecule has 2 aliphatic rings. The quantitative estimate of drug-likeness (QED) is 0.238. The van der Waals surface area contributed by atoms with Gasteiger partial charge in [-0.05, 0) is 28.8 Å². The molecular formula is C36H27N3S. The Balaban J connectivity index is 1.45. The Labute approximate surface area is 238 Å². The molecule has 5 aromatic carbocycles. The van der Waals surface area contributed by atoms with E-state index in [4.69, 9.17) is 0 Å². The Kier molecular flexibility index (Phi) is 5.45. The van der Waals surface area contributed by atoms with Crippen LogP contribution in [0.25, 0.3) is 38.0 Å². The third-order valence-electron chi connectivity index (χ3n) is 7.93. The maximum Gasteiger partial charge on any atom is 0.136 e. The largest absolute Gasteiger partial charge is 0.379 e. The van der Waals surface area contributed by atoms with Crippen LogP contribution in [0, 0.1) is 0 Å². The summed E-state index contributed by atoms with van der Waals surface area (Å²) in [7, 11) is 0. The van der Waals surface area contributed by atoms with Crippen molar-refractivity contribution in [2.45, 2.75) is 6.04 Å².